The largest absolute Gasteiger partial charge is 0.459 e. The quantitative estimate of drug-likeness (QED) is 0.730. The molecule has 3 heteroatoms. The molecule has 0 aliphatic carbocycles. The molecular formula is C11H12ClNO. The Morgan fingerprint density at radius 2 is 2.14 bits per heavy atom. The number of rotatable bonds is 1. The highest BCUT2D eigenvalue weighted by Crippen LogP contribution is 2.32. The third kappa shape index (κ3) is 1.26. The number of nitrogen functional groups attached to an aromatic ring is 1. The first kappa shape index (κ1) is 9.41. The highest BCUT2D eigenvalue weighted by atomic mass is 35.5. The molecule has 2 aromatic rings. The highest BCUT2D eigenvalue weighted by molar-refractivity contribution is 6.31. The summed E-state index contributed by atoms with van der Waals surface area (Å²) in [6.45, 7) is 4.09. The van der Waals surface area contributed by atoms with Gasteiger partial charge in [-0.1, -0.05) is 18.5 Å². The third-order valence-corrected chi connectivity index (χ3v) is 2.67. The Morgan fingerprint density at radius 1 is 1.43 bits per heavy atom. The van der Waals surface area contributed by atoms with E-state index in [1.807, 2.05) is 13.0 Å². The van der Waals surface area contributed by atoms with Crippen LogP contribution in [0, 0.1) is 6.92 Å². The summed E-state index contributed by atoms with van der Waals surface area (Å²) >= 11 is 5.93. The van der Waals surface area contributed by atoms with Crippen molar-refractivity contribution in [2.24, 2.45) is 0 Å². The molecule has 0 radical (unpaired) electrons. The van der Waals surface area contributed by atoms with Gasteiger partial charge < -0.3 is 10.2 Å². The normalized spacial score (nSPS) is 11.1. The first-order valence-electron chi connectivity index (χ1n) is 4.60. The monoisotopic (exact) mass is 209 g/mol. The molecule has 1 aromatic heterocycles. The number of hydrogen-bond acceptors (Lipinski definition) is 2. The smallest absolute Gasteiger partial charge is 0.157 e. The van der Waals surface area contributed by atoms with Crippen LogP contribution in [0.25, 0.3) is 11.0 Å². The molecule has 1 heterocycles. The summed E-state index contributed by atoms with van der Waals surface area (Å²) in [4.78, 5) is 0. The van der Waals surface area contributed by atoms with Crippen LogP contribution in [-0.2, 0) is 6.42 Å². The van der Waals surface area contributed by atoms with E-state index in [2.05, 4.69) is 6.92 Å². The van der Waals surface area contributed by atoms with Crippen LogP contribution < -0.4 is 5.73 Å². The Labute approximate surface area is 87.6 Å². The molecular weight excluding hydrogens is 198 g/mol. The number of hydrogen-bond donors (Lipinski definition) is 1. The van der Waals surface area contributed by atoms with Gasteiger partial charge in [0, 0.05) is 16.8 Å². The topological polar surface area (TPSA) is 39.2 Å². The molecule has 2 rings (SSSR count). The fourth-order valence-corrected chi connectivity index (χ4v) is 1.92. The number of furan rings is 1. The SMILES string of the molecule is CCc1oc2c(N)cc(Cl)cc2c1C. The molecule has 1 aromatic carbocycles. The van der Waals surface area contributed by atoms with Gasteiger partial charge >= 0.3 is 0 Å². The molecule has 0 bridgehead atoms. The molecule has 74 valence electrons. The zero-order valence-corrected chi connectivity index (χ0v) is 8.98. The van der Waals surface area contributed by atoms with E-state index in [1.54, 1.807) is 6.07 Å². The molecule has 2 nitrogen and oxygen atoms in total. The lowest BCUT2D eigenvalue weighted by Crippen LogP contribution is -1.84. The van der Waals surface area contributed by atoms with Crippen molar-refractivity contribution in [3.05, 3.63) is 28.5 Å². The Morgan fingerprint density at radius 3 is 2.79 bits per heavy atom. The van der Waals surface area contributed by atoms with E-state index in [1.165, 1.54) is 0 Å². The molecule has 0 saturated heterocycles. The van der Waals surface area contributed by atoms with Crippen molar-refractivity contribution in [1.29, 1.82) is 0 Å². The van der Waals surface area contributed by atoms with Crippen LogP contribution in [0.1, 0.15) is 18.2 Å². The lowest BCUT2D eigenvalue weighted by atomic mass is 10.1. The van der Waals surface area contributed by atoms with E-state index in [4.69, 9.17) is 21.8 Å². The van der Waals surface area contributed by atoms with Crippen LogP contribution in [0.2, 0.25) is 5.02 Å². The van der Waals surface area contributed by atoms with Gasteiger partial charge in [-0.3, -0.25) is 0 Å². The van der Waals surface area contributed by atoms with Gasteiger partial charge in [0.05, 0.1) is 5.69 Å². The predicted octanol–water partition coefficient (Wildman–Crippen LogP) is 3.54. The minimum atomic E-state index is 0.607. The van der Waals surface area contributed by atoms with E-state index in [-0.39, 0.29) is 0 Å². The molecule has 0 saturated carbocycles. The summed E-state index contributed by atoms with van der Waals surface area (Å²) in [6, 6.07) is 3.61. The molecule has 0 amide bonds. The number of benzene rings is 1. The third-order valence-electron chi connectivity index (χ3n) is 2.45. The van der Waals surface area contributed by atoms with E-state index < -0.39 is 0 Å². The first-order valence-corrected chi connectivity index (χ1v) is 4.98. The Hall–Kier alpha value is -1.15. The van der Waals surface area contributed by atoms with Gasteiger partial charge in [-0.2, -0.15) is 0 Å². The van der Waals surface area contributed by atoms with E-state index in [0.717, 1.165) is 28.7 Å². The second-order valence-corrected chi connectivity index (χ2v) is 3.81. The number of aryl methyl sites for hydroxylation is 2. The molecule has 0 aliphatic heterocycles. The maximum absolute atomic E-state index is 5.93. The Kier molecular flexibility index (Phi) is 2.16. The molecule has 0 aliphatic rings. The van der Waals surface area contributed by atoms with Crippen molar-refractivity contribution in [3.63, 3.8) is 0 Å². The van der Waals surface area contributed by atoms with Gasteiger partial charge in [-0.15, -0.1) is 0 Å². The Balaban J connectivity index is 2.85. The summed E-state index contributed by atoms with van der Waals surface area (Å²) in [7, 11) is 0. The lowest BCUT2D eigenvalue weighted by molar-refractivity contribution is 0.554. The van der Waals surface area contributed by atoms with Crippen LogP contribution in [-0.4, -0.2) is 0 Å². The number of halogens is 1. The first-order chi connectivity index (χ1) is 6.63. The molecule has 0 atom stereocenters. The molecule has 14 heavy (non-hydrogen) atoms. The lowest BCUT2D eigenvalue weighted by Gasteiger charge is -1.95. The van der Waals surface area contributed by atoms with Crippen molar-refractivity contribution < 1.29 is 4.42 Å². The highest BCUT2D eigenvalue weighted by Gasteiger charge is 2.11. The maximum Gasteiger partial charge on any atom is 0.157 e. The van der Waals surface area contributed by atoms with Crippen LogP contribution in [0.4, 0.5) is 5.69 Å². The van der Waals surface area contributed by atoms with Crippen LogP contribution in [0.15, 0.2) is 16.5 Å². The van der Waals surface area contributed by atoms with Gasteiger partial charge in [0.1, 0.15) is 5.76 Å². The summed E-state index contributed by atoms with van der Waals surface area (Å²) in [5.74, 6) is 0.981. The van der Waals surface area contributed by atoms with Gasteiger partial charge in [-0.05, 0) is 24.6 Å². The van der Waals surface area contributed by atoms with E-state index >= 15 is 0 Å². The second kappa shape index (κ2) is 3.21. The van der Waals surface area contributed by atoms with Crippen molar-refractivity contribution in [3.8, 4) is 0 Å². The zero-order chi connectivity index (χ0) is 10.3. The summed E-state index contributed by atoms with van der Waals surface area (Å²) < 4.78 is 5.65. The second-order valence-electron chi connectivity index (χ2n) is 3.38. The molecule has 0 spiro atoms. The Bertz CT molecular complexity index is 487. The van der Waals surface area contributed by atoms with Crippen LogP contribution in [0.3, 0.4) is 0 Å². The van der Waals surface area contributed by atoms with Crippen LogP contribution in [0.5, 0.6) is 0 Å². The zero-order valence-electron chi connectivity index (χ0n) is 8.23. The van der Waals surface area contributed by atoms with Crippen molar-refractivity contribution in [2.75, 3.05) is 5.73 Å². The fraction of sp³-hybridized carbons (Fsp3) is 0.273. The fourth-order valence-electron chi connectivity index (χ4n) is 1.69. The minimum Gasteiger partial charge on any atom is -0.459 e. The van der Waals surface area contributed by atoms with Crippen molar-refractivity contribution in [2.45, 2.75) is 20.3 Å². The van der Waals surface area contributed by atoms with Gasteiger partial charge in [0.15, 0.2) is 5.58 Å². The average molecular weight is 210 g/mol. The number of nitrogens with two attached hydrogens (primary N) is 1. The van der Waals surface area contributed by atoms with E-state index in [9.17, 15) is 0 Å². The van der Waals surface area contributed by atoms with Gasteiger partial charge in [0.25, 0.3) is 0 Å². The standard InChI is InChI=1S/C11H12ClNO/c1-3-10-6(2)8-4-7(12)5-9(13)11(8)14-10/h4-5H,3,13H2,1-2H3. The maximum atomic E-state index is 5.93. The summed E-state index contributed by atoms with van der Waals surface area (Å²) in [5, 5.41) is 1.67. The van der Waals surface area contributed by atoms with Gasteiger partial charge in [0.2, 0.25) is 0 Å². The van der Waals surface area contributed by atoms with Crippen LogP contribution >= 0.6 is 11.6 Å². The minimum absolute atomic E-state index is 0.607. The molecule has 2 N–H and O–H groups in total. The number of anilines is 1. The van der Waals surface area contributed by atoms with E-state index in [0.29, 0.717) is 10.7 Å². The molecule has 0 fully saturated rings. The van der Waals surface area contributed by atoms with Crippen molar-refractivity contribution >= 4 is 28.3 Å². The predicted molar refractivity (Wildman–Crippen MR) is 59.8 cm³/mol. The van der Waals surface area contributed by atoms with Gasteiger partial charge in [-0.25, -0.2) is 0 Å². The average Bonchev–Trinajstić information content (AvgIpc) is 2.44. The van der Waals surface area contributed by atoms with Crippen molar-refractivity contribution in [1.82, 2.24) is 0 Å². The summed E-state index contributed by atoms with van der Waals surface area (Å²) in [6.07, 6.45) is 0.873. The number of fused-ring (bicyclic) bond motifs is 1. The molecule has 0 unspecified atom stereocenters. The summed E-state index contributed by atoms with van der Waals surface area (Å²) in [5.41, 5.74) is 8.31.